The van der Waals surface area contributed by atoms with E-state index >= 15 is 0 Å². The SMILES string of the molecule is CCC(C)c1ccc(OCCOc2ccc(/C=C3\SC(=S)N(c4ccccc4)C3=O)cc2OC)cc1. The minimum atomic E-state index is -0.134. The standard InChI is InChI=1S/C29H29NO4S2/c1-4-20(2)22-11-13-24(14-12-22)33-16-17-34-25-15-10-21(18-26(25)32-3)19-27-28(31)30(29(35)36-27)23-8-6-5-7-9-23/h5-15,18-20H,4,16-17H2,1-3H3/b27-19-. The van der Waals surface area contributed by atoms with Gasteiger partial charge in [0.05, 0.1) is 17.7 Å². The molecule has 0 saturated carbocycles. The molecule has 0 bridgehead atoms. The summed E-state index contributed by atoms with van der Waals surface area (Å²) in [4.78, 5) is 15.1. The summed E-state index contributed by atoms with van der Waals surface area (Å²) in [6, 6.07) is 23.2. The highest BCUT2D eigenvalue weighted by Gasteiger charge is 2.33. The van der Waals surface area contributed by atoms with Crippen LogP contribution in [0.4, 0.5) is 5.69 Å². The molecule has 3 aromatic carbocycles. The molecule has 0 spiro atoms. The first-order chi connectivity index (χ1) is 17.5. The van der Waals surface area contributed by atoms with E-state index in [0.717, 1.165) is 23.4 Å². The zero-order valence-corrected chi connectivity index (χ0v) is 22.2. The molecule has 1 aliphatic heterocycles. The molecule has 5 nitrogen and oxygen atoms in total. The summed E-state index contributed by atoms with van der Waals surface area (Å²) in [6.07, 6.45) is 2.93. The van der Waals surface area contributed by atoms with Gasteiger partial charge in [-0.15, -0.1) is 0 Å². The molecule has 0 N–H and O–H groups in total. The minimum absolute atomic E-state index is 0.134. The van der Waals surface area contributed by atoms with Crippen molar-refractivity contribution in [3.05, 3.63) is 88.8 Å². The highest BCUT2D eigenvalue weighted by Crippen LogP contribution is 2.37. The van der Waals surface area contributed by atoms with Crippen LogP contribution in [-0.4, -0.2) is 30.6 Å². The van der Waals surface area contributed by atoms with Crippen molar-refractivity contribution in [2.45, 2.75) is 26.2 Å². The number of hydrogen-bond donors (Lipinski definition) is 0. The van der Waals surface area contributed by atoms with E-state index in [1.807, 2.05) is 66.7 Å². The number of carbonyl (C=O) groups is 1. The number of anilines is 1. The average Bonchev–Trinajstić information content (AvgIpc) is 3.19. The largest absolute Gasteiger partial charge is 0.493 e. The Morgan fingerprint density at radius 1 is 0.972 bits per heavy atom. The second-order valence-electron chi connectivity index (χ2n) is 8.34. The fourth-order valence-electron chi connectivity index (χ4n) is 3.75. The van der Waals surface area contributed by atoms with Crippen LogP contribution in [0, 0.1) is 0 Å². The summed E-state index contributed by atoms with van der Waals surface area (Å²) in [7, 11) is 1.59. The van der Waals surface area contributed by atoms with E-state index in [4.69, 9.17) is 26.4 Å². The number of methoxy groups -OCH3 is 1. The second kappa shape index (κ2) is 12.1. The van der Waals surface area contributed by atoms with Crippen LogP contribution in [0.1, 0.15) is 37.3 Å². The van der Waals surface area contributed by atoms with Gasteiger partial charge in [-0.1, -0.05) is 74.2 Å². The fourth-order valence-corrected chi connectivity index (χ4v) is 5.05. The minimum Gasteiger partial charge on any atom is -0.493 e. The van der Waals surface area contributed by atoms with Gasteiger partial charge in [-0.05, 0) is 65.9 Å². The Kier molecular flexibility index (Phi) is 8.67. The quantitative estimate of drug-likeness (QED) is 0.162. The van der Waals surface area contributed by atoms with E-state index in [-0.39, 0.29) is 5.91 Å². The van der Waals surface area contributed by atoms with E-state index in [1.165, 1.54) is 17.3 Å². The molecule has 7 heteroatoms. The van der Waals surface area contributed by atoms with Crippen LogP contribution in [-0.2, 0) is 4.79 Å². The van der Waals surface area contributed by atoms with Crippen molar-refractivity contribution in [2.24, 2.45) is 0 Å². The first kappa shape index (κ1) is 25.8. The third-order valence-electron chi connectivity index (χ3n) is 5.96. The third kappa shape index (κ3) is 6.09. The molecule has 1 fully saturated rings. The summed E-state index contributed by atoms with van der Waals surface area (Å²) in [6.45, 7) is 5.19. The van der Waals surface area contributed by atoms with E-state index in [9.17, 15) is 4.79 Å². The van der Waals surface area contributed by atoms with Crippen LogP contribution in [0.5, 0.6) is 17.2 Å². The summed E-state index contributed by atoms with van der Waals surface area (Å²) in [5, 5.41) is 0. The maximum absolute atomic E-state index is 13.0. The van der Waals surface area contributed by atoms with Gasteiger partial charge in [-0.25, -0.2) is 0 Å². The van der Waals surface area contributed by atoms with Gasteiger partial charge < -0.3 is 14.2 Å². The summed E-state index contributed by atoms with van der Waals surface area (Å²) in [5.41, 5.74) is 2.90. The Hall–Kier alpha value is -3.29. The molecule has 1 atom stereocenters. The number of nitrogens with zero attached hydrogens (tertiary/aromatic N) is 1. The summed E-state index contributed by atoms with van der Waals surface area (Å²) < 4.78 is 17.8. The first-order valence-electron chi connectivity index (χ1n) is 11.9. The summed E-state index contributed by atoms with van der Waals surface area (Å²) >= 11 is 6.74. The maximum Gasteiger partial charge on any atom is 0.270 e. The van der Waals surface area contributed by atoms with Crippen molar-refractivity contribution in [3.63, 3.8) is 0 Å². The Bertz CT molecular complexity index is 1240. The molecule has 1 aliphatic rings. The third-order valence-corrected chi connectivity index (χ3v) is 7.27. The number of amides is 1. The van der Waals surface area contributed by atoms with Gasteiger partial charge in [0.1, 0.15) is 19.0 Å². The monoisotopic (exact) mass is 519 g/mol. The molecule has 1 unspecified atom stereocenters. The average molecular weight is 520 g/mol. The van der Waals surface area contributed by atoms with Crippen molar-refractivity contribution in [2.75, 3.05) is 25.2 Å². The van der Waals surface area contributed by atoms with Gasteiger partial charge in [0, 0.05) is 0 Å². The smallest absolute Gasteiger partial charge is 0.270 e. The highest BCUT2D eigenvalue weighted by atomic mass is 32.2. The Balaban J connectivity index is 1.36. The number of carbonyl (C=O) groups excluding carboxylic acids is 1. The number of benzene rings is 3. The van der Waals surface area contributed by atoms with Crippen LogP contribution in [0.25, 0.3) is 6.08 Å². The molecular weight excluding hydrogens is 490 g/mol. The zero-order chi connectivity index (χ0) is 25.5. The van der Waals surface area contributed by atoms with Crippen molar-refractivity contribution in [1.82, 2.24) is 0 Å². The molecule has 1 heterocycles. The molecule has 0 aliphatic carbocycles. The molecule has 3 aromatic rings. The Morgan fingerprint density at radius 2 is 1.69 bits per heavy atom. The molecule has 4 rings (SSSR count). The van der Waals surface area contributed by atoms with Crippen LogP contribution in [0.2, 0.25) is 0 Å². The van der Waals surface area contributed by atoms with Gasteiger partial charge in [0.25, 0.3) is 5.91 Å². The van der Waals surface area contributed by atoms with Gasteiger partial charge in [-0.2, -0.15) is 0 Å². The lowest BCUT2D eigenvalue weighted by Gasteiger charge is -2.14. The number of ether oxygens (including phenoxy) is 3. The van der Waals surface area contributed by atoms with Crippen molar-refractivity contribution in [3.8, 4) is 17.2 Å². The lowest BCUT2D eigenvalue weighted by molar-refractivity contribution is -0.113. The highest BCUT2D eigenvalue weighted by molar-refractivity contribution is 8.27. The number of hydrogen-bond acceptors (Lipinski definition) is 6. The van der Waals surface area contributed by atoms with Crippen molar-refractivity contribution in [1.29, 1.82) is 0 Å². The molecule has 186 valence electrons. The van der Waals surface area contributed by atoms with Crippen LogP contribution in [0.3, 0.4) is 0 Å². The molecule has 36 heavy (non-hydrogen) atoms. The molecule has 0 radical (unpaired) electrons. The van der Waals surface area contributed by atoms with Crippen LogP contribution < -0.4 is 19.1 Å². The number of thiocarbonyl (C=S) groups is 1. The Morgan fingerprint density at radius 3 is 2.39 bits per heavy atom. The Labute approximate surface area is 222 Å². The van der Waals surface area contributed by atoms with Crippen molar-refractivity contribution >= 4 is 46.0 Å². The number of para-hydroxylation sites is 1. The van der Waals surface area contributed by atoms with E-state index in [0.29, 0.717) is 39.9 Å². The van der Waals surface area contributed by atoms with E-state index in [1.54, 1.807) is 12.0 Å². The predicted molar refractivity (Wildman–Crippen MR) is 151 cm³/mol. The molecule has 0 aromatic heterocycles. The van der Waals surface area contributed by atoms with Gasteiger partial charge in [0.2, 0.25) is 0 Å². The zero-order valence-electron chi connectivity index (χ0n) is 20.6. The van der Waals surface area contributed by atoms with E-state index < -0.39 is 0 Å². The molecule has 1 saturated heterocycles. The fraction of sp³-hybridized carbons (Fsp3) is 0.241. The van der Waals surface area contributed by atoms with Crippen LogP contribution in [0.15, 0.2) is 77.7 Å². The van der Waals surface area contributed by atoms with Gasteiger partial charge >= 0.3 is 0 Å². The second-order valence-corrected chi connectivity index (χ2v) is 10.0. The van der Waals surface area contributed by atoms with Gasteiger partial charge in [0.15, 0.2) is 15.8 Å². The van der Waals surface area contributed by atoms with Gasteiger partial charge in [-0.3, -0.25) is 9.69 Å². The van der Waals surface area contributed by atoms with E-state index in [2.05, 4.69) is 26.0 Å². The molecule has 1 amide bonds. The topological polar surface area (TPSA) is 48.0 Å². The molecular formula is C29H29NO4S2. The maximum atomic E-state index is 13.0. The van der Waals surface area contributed by atoms with Crippen molar-refractivity contribution < 1.29 is 19.0 Å². The predicted octanol–water partition coefficient (Wildman–Crippen LogP) is 7.07. The lowest BCUT2D eigenvalue weighted by Crippen LogP contribution is -2.27. The normalized spacial score (nSPS) is 15.3. The summed E-state index contributed by atoms with van der Waals surface area (Å²) in [5.74, 6) is 2.42. The number of thioether (sulfide) groups is 1. The first-order valence-corrected chi connectivity index (χ1v) is 13.1. The lowest BCUT2D eigenvalue weighted by atomic mass is 9.99. The van der Waals surface area contributed by atoms with Crippen LogP contribution >= 0.6 is 24.0 Å². The number of rotatable bonds is 10.